The second kappa shape index (κ2) is 7.19. The van der Waals surface area contributed by atoms with E-state index in [0.717, 1.165) is 28.3 Å². The normalized spacial score (nSPS) is 13.9. The second-order valence-electron chi connectivity index (χ2n) is 6.97. The van der Waals surface area contributed by atoms with Crippen molar-refractivity contribution in [3.05, 3.63) is 72.1 Å². The van der Waals surface area contributed by atoms with E-state index in [1.54, 1.807) is 6.33 Å². The van der Waals surface area contributed by atoms with Gasteiger partial charge < -0.3 is 10.2 Å². The first-order chi connectivity index (χ1) is 13.1. The summed E-state index contributed by atoms with van der Waals surface area (Å²) in [6.45, 7) is 5.42. The molecule has 0 spiro atoms. The van der Waals surface area contributed by atoms with Crippen LogP contribution >= 0.6 is 0 Å². The van der Waals surface area contributed by atoms with Gasteiger partial charge in [0.2, 0.25) is 5.91 Å². The molecule has 0 unspecified atom stereocenters. The van der Waals surface area contributed by atoms with E-state index in [2.05, 4.69) is 33.2 Å². The van der Waals surface area contributed by atoms with Crippen LogP contribution in [0.2, 0.25) is 0 Å². The first-order valence-electron chi connectivity index (χ1n) is 9.11. The summed E-state index contributed by atoms with van der Waals surface area (Å²) < 4.78 is 0. The van der Waals surface area contributed by atoms with E-state index in [1.807, 2.05) is 55.5 Å². The highest BCUT2D eigenvalue weighted by Gasteiger charge is 2.33. The van der Waals surface area contributed by atoms with E-state index in [4.69, 9.17) is 0 Å². The number of carbonyl (C=O) groups is 1. The van der Waals surface area contributed by atoms with Crippen LogP contribution in [-0.4, -0.2) is 29.0 Å². The van der Waals surface area contributed by atoms with Crippen LogP contribution in [0.25, 0.3) is 11.3 Å². The van der Waals surface area contributed by atoms with Crippen LogP contribution in [0.1, 0.15) is 11.1 Å². The largest absolute Gasteiger partial charge is 0.355 e. The maximum atomic E-state index is 12.6. The van der Waals surface area contributed by atoms with Gasteiger partial charge in [-0.1, -0.05) is 42.5 Å². The van der Waals surface area contributed by atoms with Gasteiger partial charge in [-0.25, -0.2) is 9.97 Å². The zero-order chi connectivity index (χ0) is 18.8. The Kier molecular flexibility index (Phi) is 4.59. The smallest absolute Gasteiger partial charge is 0.231 e. The van der Waals surface area contributed by atoms with E-state index in [1.165, 1.54) is 5.56 Å². The number of nitrogens with zero attached hydrogens (tertiary/aromatic N) is 3. The number of hydrogen-bond acceptors (Lipinski definition) is 4. The monoisotopic (exact) mass is 358 g/mol. The highest BCUT2D eigenvalue weighted by Crippen LogP contribution is 2.27. The average Bonchev–Trinajstić information content (AvgIpc) is 2.65. The molecule has 1 aliphatic heterocycles. The number of carbonyl (C=O) groups excluding carboxylic acids is 1. The fourth-order valence-electron chi connectivity index (χ4n) is 3.24. The van der Waals surface area contributed by atoms with Crippen molar-refractivity contribution in [2.45, 2.75) is 13.8 Å². The Morgan fingerprint density at radius 1 is 1.04 bits per heavy atom. The number of anilines is 2. The zero-order valence-electron chi connectivity index (χ0n) is 15.5. The second-order valence-corrected chi connectivity index (χ2v) is 6.97. The van der Waals surface area contributed by atoms with Gasteiger partial charge in [0, 0.05) is 30.4 Å². The first-order valence-corrected chi connectivity index (χ1v) is 9.11. The minimum atomic E-state index is -0.0277. The minimum Gasteiger partial charge on any atom is -0.355 e. The number of aromatic nitrogens is 2. The third-order valence-electron chi connectivity index (χ3n) is 5.16. The lowest BCUT2D eigenvalue weighted by atomic mass is 9.98. The van der Waals surface area contributed by atoms with Crippen LogP contribution in [0, 0.1) is 19.8 Å². The van der Waals surface area contributed by atoms with E-state index in [0.29, 0.717) is 13.1 Å². The van der Waals surface area contributed by atoms with Crippen LogP contribution < -0.4 is 10.2 Å². The number of amides is 1. The van der Waals surface area contributed by atoms with Crippen molar-refractivity contribution in [1.29, 1.82) is 0 Å². The number of benzene rings is 2. The third kappa shape index (κ3) is 3.53. The van der Waals surface area contributed by atoms with Crippen molar-refractivity contribution in [1.82, 2.24) is 9.97 Å². The summed E-state index contributed by atoms with van der Waals surface area (Å²) in [6, 6.07) is 18.0. The van der Waals surface area contributed by atoms with Gasteiger partial charge in [0.15, 0.2) is 0 Å². The standard InChI is InChI=1S/C22H22N4O/c1-15-7-6-10-19(16(15)2)25-22(27)18-12-26(13-18)21-11-20(23-14-24-21)17-8-4-3-5-9-17/h3-11,14,18H,12-13H2,1-2H3,(H,25,27). The maximum absolute atomic E-state index is 12.6. The van der Waals surface area contributed by atoms with Crippen LogP contribution in [0.3, 0.4) is 0 Å². The summed E-state index contributed by atoms with van der Waals surface area (Å²) in [7, 11) is 0. The molecule has 1 saturated heterocycles. The summed E-state index contributed by atoms with van der Waals surface area (Å²) in [5.41, 5.74) is 5.14. The van der Waals surface area contributed by atoms with Crippen molar-refractivity contribution < 1.29 is 4.79 Å². The van der Waals surface area contributed by atoms with E-state index in [-0.39, 0.29) is 11.8 Å². The summed E-state index contributed by atoms with van der Waals surface area (Å²) in [6.07, 6.45) is 1.58. The van der Waals surface area contributed by atoms with E-state index >= 15 is 0 Å². The van der Waals surface area contributed by atoms with Gasteiger partial charge in [0.25, 0.3) is 0 Å². The number of hydrogen-bond donors (Lipinski definition) is 1. The molecular weight excluding hydrogens is 336 g/mol. The highest BCUT2D eigenvalue weighted by molar-refractivity contribution is 5.95. The number of nitrogens with one attached hydrogen (secondary N) is 1. The van der Waals surface area contributed by atoms with Gasteiger partial charge in [-0.05, 0) is 31.0 Å². The maximum Gasteiger partial charge on any atom is 0.231 e. The summed E-state index contributed by atoms with van der Waals surface area (Å²) in [5, 5.41) is 3.06. The van der Waals surface area contributed by atoms with Gasteiger partial charge in [0.1, 0.15) is 12.1 Å². The fourth-order valence-corrected chi connectivity index (χ4v) is 3.24. The van der Waals surface area contributed by atoms with Crippen LogP contribution in [0.5, 0.6) is 0 Å². The minimum absolute atomic E-state index is 0.0277. The Balaban J connectivity index is 1.41. The van der Waals surface area contributed by atoms with Crippen molar-refractivity contribution in [2.24, 2.45) is 5.92 Å². The Morgan fingerprint density at radius 3 is 2.59 bits per heavy atom. The predicted octanol–water partition coefficient (Wildman–Crippen LogP) is 3.84. The van der Waals surface area contributed by atoms with Crippen LogP contribution in [0.15, 0.2) is 60.9 Å². The Hall–Kier alpha value is -3.21. The van der Waals surface area contributed by atoms with Crippen molar-refractivity contribution in [3.8, 4) is 11.3 Å². The molecule has 2 heterocycles. The number of rotatable bonds is 4. The van der Waals surface area contributed by atoms with Crippen LogP contribution in [-0.2, 0) is 4.79 Å². The van der Waals surface area contributed by atoms with Gasteiger partial charge in [-0.2, -0.15) is 0 Å². The number of aryl methyl sites for hydroxylation is 1. The van der Waals surface area contributed by atoms with Gasteiger partial charge in [-0.15, -0.1) is 0 Å². The quantitative estimate of drug-likeness (QED) is 0.770. The Morgan fingerprint density at radius 2 is 1.81 bits per heavy atom. The molecule has 0 saturated carbocycles. The van der Waals surface area contributed by atoms with Crippen molar-refractivity contribution >= 4 is 17.4 Å². The molecule has 0 radical (unpaired) electrons. The van der Waals surface area contributed by atoms with E-state index in [9.17, 15) is 4.79 Å². The van der Waals surface area contributed by atoms with Crippen molar-refractivity contribution in [3.63, 3.8) is 0 Å². The molecule has 27 heavy (non-hydrogen) atoms. The van der Waals surface area contributed by atoms with Gasteiger partial charge in [-0.3, -0.25) is 4.79 Å². The predicted molar refractivity (Wildman–Crippen MR) is 108 cm³/mol. The molecule has 5 heteroatoms. The van der Waals surface area contributed by atoms with Gasteiger partial charge in [0.05, 0.1) is 11.6 Å². The zero-order valence-corrected chi connectivity index (χ0v) is 15.5. The summed E-state index contributed by atoms with van der Waals surface area (Å²) in [5.74, 6) is 0.900. The lowest BCUT2D eigenvalue weighted by Crippen LogP contribution is -2.52. The molecular formula is C22H22N4O. The summed E-state index contributed by atoms with van der Waals surface area (Å²) in [4.78, 5) is 23.4. The summed E-state index contributed by atoms with van der Waals surface area (Å²) >= 11 is 0. The molecule has 1 amide bonds. The molecule has 0 atom stereocenters. The molecule has 1 fully saturated rings. The average molecular weight is 358 g/mol. The molecule has 1 aromatic heterocycles. The molecule has 0 bridgehead atoms. The molecule has 0 aliphatic carbocycles. The van der Waals surface area contributed by atoms with E-state index < -0.39 is 0 Å². The molecule has 4 rings (SSSR count). The molecule has 136 valence electrons. The lowest BCUT2D eigenvalue weighted by molar-refractivity contribution is -0.120. The lowest BCUT2D eigenvalue weighted by Gasteiger charge is -2.39. The molecule has 2 aromatic carbocycles. The fraction of sp³-hybridized carbons (Fsp3) is 0.227. The molecule has 3 aromatic rings. The molecule has 1 N–H and O–H groups in total. The topological polar surface area (TPSA) is 58.1 Å². The molecule has 1 aliphatic rings. The SMILES string of the molecule is Cc1cccc(NC(=O)C2CN(c3cc(-c4ccccc4)ncn3)C2)c1C. The van der Waals surface area contributed by atoms with Crippen LogP contribution in [0.4, 0.5) is 11.5 Å². The Bertz CT molecular complexity index is 965. The van der Waals surface area contributed by atoms with Crippen molar-refractivity contribution in [2.75, 3.05) is 23.3 Å². The van der Waals surface area contributed by atoms with Gasteiger partial charge >= 0.3 is 0 Å². The highest BCUT2D eigenvalue weighted by atomic mass is 16.2. The Labute approximate surface area is 159 Å². The first kappa shape index (κ1) is 17.2. The molecule has 5 nitrogen and oxygen atoms in total. The third-order valence-corrected chi connectivity index (χ3v) is 5.16.